The number of aromatic nitrogens is 1. The van der Waals surface area contributed by atoms with Crippen LogP contribution in [0, 0.1) is 0 Å². The largest absolute Gasteiger partial charge is 0.465 e. The number of fused-ring (bicyclic) bond motifs is 1. The average molecular weight is 348 g/mol. The van der Waals surface area contributed by atoms with Crippen LogP contribution in [0.25, 0.3) is 10.2 Å². The number of ether oxygens (including phenoxy) is 1. The maximum atomic E-state index is 11.9. The lowest BCUT2D eigenvalue weighted by atomic mass is 10.1. The van der Waals surface area contributed by atoms with Gasteiger partial charge in [-0.2, -0.15) is 4.99 Å². The van der Waals surface area contributed by atoms with E-state index in [1.54, 1.807) is 18.4 Å². The second-order valence-corrected chi connectivity index (χ2v) is 6.55. The molecule has 0 spiro atoms. The maximum absolute atomic E-state index is 11.9. The fourth-order valence-electron chi connectivity index (χ4n) is 2.41. The minimum atomic E-state index is -0.322. The molecule has 0 aliphatic heterocycles. The summed E-state index contributed by atoms with van der Waals surface area (Å²) in [6, 6.07) is 6.22. The minimum Gasteiger partial charge on any atom is -0.465 e. The van der Waals surface area contributed by atoms with Crippen molar-refractivity contribution in [3.63, 3.8) is 0 Å². The van der Waals surface area contributed by atoms with Crippen LogP contribution >= 0.6 is 11.3 Å². The fraction of sp³-hybridized carbons (Fsp3) is 0.500. The van der Waals surface area contributed by atoms with E-state index in [0.717, 1.165) is 29.5 Å². The Labute approximate surface area is 146 Å². The highest BCUT2D eigenvalue weighted by atomic mass is 32.1. The molecule has 1 aromatic carbocycles. The maximum Gasteiger partial charge on any atom is 0.326 e. The van der Waals surface area contributed by atoms with Crippen LogP contribution < -0.4 is 4.80 Å². The number of nitrogens with zero attached hydrogens (tertiary/aromatic N) is 2. The minimum absolute atomic E-state index is 0.0674. The smallest absolute Gasteiger partial charge is 0.326 e. The molecular formula is C18H24N2O3S. The predicted molar refractivity (Wildman–Crippen MR) is 95.9 cm³/mol. The molecule has 1 amide bonds. The van der Waals surface area contributed by atoms with E-state index in [1.165, 1.54) is 16.9 Å². The molecule has 0 saturated heterocycles. The first kappa shape index (κ1) is 18.4. The van der Waals surface area contributed by atoms with Gasteiger partial charge in [0.1, 0.15) is 6.54 Å². The molecule has 0 unspecified atom stereocenters. The lowest BCUT2D eigenvalue weighted by Crippen LogP contribution is -2.23. The van der Waals surface area contributed by atoms with Crippen molar-refractivity contribution in [2.75, 3.05) is 6.61 Å². The van der Waals surface area contributed by atoms with Crippen LogP contribution in [0.2, 0.25) is 0 Å². The van der Waals surface area contributed by atoms with Gasteiger partial charge in [0, 0.05) is 6.42 Å². The van der Waals surface area contributed by atoms with Crippen molar-refractivity contribution >= 4 is 33.4 Å². The number of carbonyl (C=O) groups is 2. The lowest BCUT2D eigenvalue weighted by Gasteiger charge is -2.06. The summed E-state index contributed by atoms with van der Waals surface area (Å²) >= 11 is 1.44. The number of hydrogen-bond donors (Lipinski definition) is 0. The molecule has 0 aliphatic carbocycles. The normalized spacial score (nSPS) is 11.9. The van der Waals surface area contributed by atoms with E-state index in [9.17, 15) is 9.59 Å². The standard InChI is InChI=1S/C18H24N2O3S/c1-4-7-8-13-9-10-14-15(11-13)24-18(19-16(21)5-2)20(14)12-17(22)23-6-3/h9-11H,4-8,12H2,1-3H3. The van der Waals surface area contributed by atoms with Crippen molar-refractivity contribution in [1.29, 1.82) is 0 Å². The van der Waals surface area contributed by atoms with Crippen molar-refractivity contribution < 1.29 is 14.3 Å². The number of unbranched alkanes of at least 4 members (excludes halogenated alkanes) is 1. The average Bonchev–Trinajstić information content (AvgIpc) is 2.89. The summed E-state index contributed by atoms with van der Waals surface area (Å²) in [5, 5.41) is 0. The first-order valence-corrected chi connectivity index (χ1v) is 9.26. The Morgan fingerprint density at radius 3 is 2.71 bits per heavy atom. The zero-order valence-corrected chi connectivity index (χ0v) is 15.3. The van der Waals surface area contributed by atoms with Gasteiger partial charge in [-0.25, -0.2) is 0 Å². The fourth-order valence-corrected chi connectivity index (χ4v) is 3.52. The highest BCUT2D eigenvalue weighted by molar-refractivity contribution is 7.16. The van der Waals surface area contributed by atoms with Crippen molar-refractivity contribution in [3.05, 3.63) is 28.6 Å². The summed E-state index contributed by atoms with van der Waals surface area (Å²) in [6.07, 6.45) is 3.67. The van der Waals surface area contributed by atoms with E-state index >= 15 is 0 Å². The van der Waals surface area contributed by atoms with E-state index in [2.05, 4.69) is 24.0 Å². The number of amides is 1. The topological polar surface area (TPSA) is 60.7 Å². The van der Waals surface area contributed by atoms with Gasteiger partial charge in [0.05, 0.1) is 16.8 Å². The van der Waals surface area contributed by atoms with Crippen molar-refractivity contribution in [1.82, 2.24) is 4.57 Å². The van der Waals surface area contributed by atoms with Gasteiger partial charge in [-0.3, -0.25) is 9.59 Å². The Kier molecular flexibility index (Phi) is 6.73. The highest BCUT2D eigenvalue weighted by Crippen LogP contribution is 2.20. The molecule has 0 bridgehead atoms. The van der Waals surface area contributed by atoms with E-state index in [1.807, 2.05) is 6.07 Å². The van der Waals surface area contributed by atoms with Crippen LogP contribution in [0.1, 0.15) is 45.6 Å². The van der Waals surface area contributed by atoms with E-state index in [4.69, 9.17) is 4.74 Å². The number of benzene rings is 1. The van der Waals surface area contributed by atoms with Crippen molar-refractivity contribution in [3.8, 4) is 0 Å². The summed E-state index contributed by atoms with van der Waals surface area (Å²) in [7, 11) is 0. The Hall–Kier alpha value is -1.95. The van der Waals surface area contributed by atoms with E-state index in [-0.39, 0.29) is 18.4 Å². The molecule has 2 rings (SSSR count). The summed E-state index contributed by atoms with van der Waals surface area (Å²) in [4.78, 5) is 28.4. The highest BCUT2D eigenvalue weighted by Gasteiger charge is 2.12. The molecule has 0 saturated carbocycles. The van der Waals surface area contributed by atoms with Crippen LogP contribution in [0.5, 0.6) is 0 Å². The van der Waals surface area contributed by atoms with Crippen LogP contribution in [0.4, 0.5) is 0 Å². The zero-order valence-electron chi connectivity index (χ0n) is 14.5. The van der Waals surface area contributed by atoms with Crippen molar-refractivity contribution in [2.45, 2.75) is 53.0 Å². The number of esters is 1. The van der Waals surface area contributed by atoms with Gasteiger partial charge in [-0.15, -0.1) is 0 Å². The number of rotatable bonds is 7. The third-order valence-electron chi connectivity index (χ3n) is 3.68. The number of aryl methyl sites for hydroxylation is 1. The first-order valence-electron chi connectivity index (χ1n) is 8.44. The first-order chi connectivity index (χ1) is 11.6. The summed E-state index contributed by atoms with van der Waals surface area (Å²) in [5.74, 6) is -0.511. The number of hydrogen-bond acceptors (Lipinski definition) is 4. The molecule has 2 aromatic rings. The zero-order chi connectivity index (χ0) is 17.5. The Bertz CT molecular complexity index is 789. The van der Waals surface area contributed by atoms with Gasteiger partial charge < -0.3 is 9.30 Å². The van der Waals surface area contributed by atoms with Gasteiger partial charge in [0.15, 0.2) is 4.80 Å². The van der Waals surface area contributed by atoms with Gasteiger partial charge in [-0.1, -0.05) is 37.7 Å². The Morgan fingerprint density at radius 2 is 2.04 bits per heavy atom. The van der Waals surface area contributed by atoms with Gasteiger partial charge >= 0.3 is 5.97 Å². The van der Waals surface area contributed by atoms with Gasteiger partial charge in [0.2, 0.25) is 5.91 Å². The monoisotopic (exact) mass is 348 g/mol. The molecule has 0 atom stereocenters. The summed E-state index contributed by atoms with van der Waals surface area (Å²) in [5.41, 5.74) is 2.18. The van der Waals surface area contributed by atoms with Gasteiger partial charge in [-0.05, 0) is 37.5 Å². The number of carbonyl (C=O) groups excluding carboxylic acids is 2. The second kappa shape index (κ2) is 8.78. The van der Waals surface area contributed by atoms with Crippen LogP contribution in [-0.2, 0) is 27.3 Å². The SMILES string of the molecule is CCCCc1ccc2c(c1)sc(=NC(=O)CC)n2CC(=O)OCC. The van der Waals surface area contributed by atoms with Crippen molar-refractivity contribution in [2.24, 2.45) is 4.99 Å². The number of thiazole rings is 1. The van der Waals surface area contributed by atoms with E-state index in [0.29, 0.717) is 17.8 Å². The van der Waals surface area contributed by atoms with Crippen LogP contribution in [-0.4, -0.2) is 23.1 Å². The molecule has 5 nitrogen and oxygen atoms in total. The Balaban J connectivity index is 2.49. The Morgan fingerprint density at radius 1 is 1.25 bits per heavy atom. The summed E-state index contributed by atoms with van der Waals surface area (Å²) in [6.45, 7) is 6.13. The third-order valence-corrected chi connectivity index (χ3v) is 4.72. The molecular weight excluding hydrogens is 324 g/mol. The molecule has 0 radical (unpaired) electrons. The lowest BCUT2D eigenvalue weighted by molar-refractivity contribution is -0.143. The predicted octanol–water partition coefficient (Wildman–Crippen LogP) is 3.45. The molecule has 1 aromatic heterocycles. The molecule has 0 N–H and O–H groups in total. The quantitative estimate of drug-likeness (QED) is 0.720. The van der Waals surface area contributed by atoms with Crippen LogP contribution in [0.15, 0.2) is 23.2 Å². The van der Waals surface area contributed by atoms with E-state index < -0.39 is 0 Å². The molecule has 0 aliphatic rings. The van der Waals surface area contributed by atoms with Crippen LogP contribution in [0.3, 0.4) is 0 Å². The molecule has 6 heteroatoms. The molecule has 130 valence electrons. The third kappa shape index (κ3) is 4.54. The molecule has 24 heavy (non-hydrogen) atoms. The van der Waals surface area contributed by atoms with Gasteiger partial charge in [0.25, 0.3) is 0 Å². The summed E-state index contributed by atoms with van der Waals surface area (Å²) < 4.78 is 7.86. The second-order valence-electron chi connectivity index (χ2n) is 5.54. The molecule has 0 fully saturated rings. The molecule has 1 heterocycles.